The van der Waals surface area contributed by atoms with E-state index in [1.807, 2.05) is 6.07 Å². The highest BCUT2D eigenvalue weighted by Gasteiger charge is 2.19. The van der Waals surface area contributed by atoms with Crippen molar-refractivity contribution in [2.24, 2.45) is 0 Å². The van der Waals surface area contributed by atoms with Crippen LogP contribution in [0.1, 0.15) is 33.8 Å². The van der Waals surface area contributed by atoms with E-state index in [0.29, 0.717) is 23.0 Å². The normalized spacial score (nSPS) is 16.0. The van der Waals surface area contributed by atoms with Crippen molar-refractivity contribution in [1.82, 2.24) is 15.0 Å². The number of aromatic nitrogens is 3. The molecule has 2 aliphatic heterocycles. The number of aliphatic hydroxyl groups is 1. The zero-order valence-electron chi connectivity index (χ0n) is 15.0. The number of pyridine rings is 1. The molecule has 2 aliphatic rings. The van der Waals surface area contributed by atoms with Gasteiger partial charge in [-0.15, -0.1) is 0 Å². The van der Waals surface area contributed by atoms with Crippen LogP contribution < -0.4 is 10.6 Å². The first kappa shape index (κ1) is 18.2. The number of anilines is 2. The van der Waals surface area contributed by atoms with Crippen LogP contribution >= 0.6 is 0 Å². The van der Waals surface area contributed by atoms with Crippen molar-refractivity contribution in [3.05, 3.63) is 30.2 Å². The summed E-state index contributed by atoms with van der Waals surface area (Å²) in [6.07, 6.45) is 5.78. The monoisotopic (exact) mass is 359 g/mol. The van der Waals surface area contributed by atoms with Crippen LogP contribution in [-0.4, -0.2) is 45.7 Å². The average Bonchev–Trinajstić information content (AvgIpc) is 3.20. The summed E-state index contributed by atoms with van der Waals surface area (Å²) in [5.41, 5.74) is 1.04. The summed E-state index contributed by atoms with van der Waals surface area (Å²) in [6.45, 7) is 5.54. The molecule has 8 heteroatoms. The molecule has 140 valence electrons. The third kappa shape index (κ3) is 4.53. The van der Waals surface area contributed by atoms with E-state index in [-0.39, 0.29) is 13.9 Å². The number of nitrogens with one attached hydrogen (secondary N) is 2. The molecule has 0 bridgehead atoms. The lowest BCUT2D eigenvalue weighted by Gasteiger charge is -2.18. The Hall–Kier alpha value is -2.58. The number of hydrogen-bond donors (Lipinski definition) is 3. The maximum Gasteiger partial charge on any atom is 0.244 e. The molecule has 0 aliphatic carbocycles. The molecule has 4 rings (SSSR count). The Morgan fingerprint density at radius 1 is 1.15 bits per heavy atom. The second-order valence-electron chi connectivity index (χ2n) is 6.66. The molecule has 0 atom stereocenters. The van der Waals surface area contributed by atoms with E-state index >= 15 is 0 Å². The molecule has 1 saturated heterocycles. The van der Waals surface area contributed by atoms with Gasteiger partial charge >= 0.3 is 0 Å². The Kier molecular flexibility index (Phi) is 5.43. The summed E-state index contributed by atoms with van der Waals surface area (Å²) >= 11 is 0. The van der Waals surface area contributed by atoms with Crippen molar-refractivity contribution in [3.63, 3.8) is 0 Å². The van der Waals surface area contributed by atoms with Crippen LogP contribution in [0, 0.1) is 0 Å². The van der Waals surface area contributed by atoms with Gasteiger partial charge in [-0.1, -0.05) is 0 Å². The van der Waals surface area contributed by atoms with Crippen LogP contribution in [0.25, 0.3) is 11.3 Å². The van der Waals surface area contributed by atoms with Gasteiger partial charge in [-0.3, -0.25) is 9.78 Å². The lowest BCUT2D eigenvalue weighted by molar-refractivity contribution is -0.114. The van der Waals surface area contributed by atoms with Crippen LogP contribution in [0.15, 0.2) is 24.5 Å². The molecule has 1 fully saturated rings. The average molecular weight is 359 g/mol. The minimum Gasteiger partial charge on any atom is -0.384 e. The minimum atomic E-state index is -0.980. The number of ether oxygens (including phenoxy) is 1. The first-order valence-electron chi connectivity index (χ1n) is 8.61. The molecule has 0 unspecified atom stereocenters. The van der Waals surface area contributed by atoms with Crippen molar-refractivity contribution >= 4 is 17.5 Å². The van der Waals surface area contributed by atoms with Crippen LogP contribution in [0.5, 0.6) is 0 Å². The van der Waals surface area contributed by atoms with Gasteiger partial charge in [0.25, 0.3) is 0 Å². The highest BCUT2D eigenvalue weighted by Crippen LogP contribution is 2.25. The number of hydrogen-bond acceptors (Lipinski definition) is 7. The van der Waals surface area contributed by atoms with E-state index < -0.39 is 5.60 Å². The van der Waals surface area contributed by atoms with Gasteiger partial charge in [0.05, 0.1) is 24.1 Å². The summed E-state index contributed by atoms with van der Waals surface area (Å²) in [4.78, 5) is 24.1. The van der Waals surface area contributed by atoms with E-state index in [1.165, 1.54) is 12.8 Å². The zero-order valence-corrected chi connectivity index (χ0v) is 15.0. The van der Waals surface area contributed by atoms with Gasteiger partial charge in [0.2, 0.25) is 5.91 Å². The number of carbonyl (C=O) groups is 1. The number of nitrogens with zero attached hydrogens (tertiary/aromatic N) is 3. The van der Waals surface area contributed by atoms with Crippen LogP contribution in [0.3, 0.4) is 0 Å². The molecule has 4 heterocycles. The summed E-state index contributed by atoms with van der Waals surface area (Å²) < 4.78 is 4.94. The minimum absolute atomic E-state index is 0. The van der Waals surface area contributed by atoms with Crippen molar-refractivity contribution in [1.29, 1.82) is 0 Å². The van der Waals surface area contributed by atoms with Gasteiger partial charge in [0, 0.05) is 26.4 Å². The van der Waals surface area contributed by atoms with E-state index in [1.54, 1.807) is 32.3 Å². The van der Waals surface area contributed by atoms with Gasteiger partial charge in [-0.05, 0) is 38.8 Å². The molecule has 8 nitrogen and oxygen atoms in total. The Labute approximate surface area is 153 Å². The van der Waals surface area contributed by atoms with Gasteiger partial charge in [-0.25, -0.2) is 9.97 Å². The lowest BCUT2D eigenvalue weighted by Crippen LogP contribution is -2.28. The quantitative estimate of drug-likeness (QED) is 0.754. The fourth-order valence-corrected chi connectivity index (χ4v) is 2.50. The highest BCUT2D eigenvalue weighted by molar-refractivity contribution is 5.98. The molecule has 0 saturated carbocycles. The van der Waals surface area contributed by atoms with Crippen LogP contribution in [0.4, 0.5) is 11.6 Å². The van der Waals surface area contributed by atoms with E-state index in [0.717, 1.165) is 18.8 Å². The fourth-order valence-electron chi connectivity index (χ4n) is 2.50. The summed E-state index contributed by atoms with van der Waals surface area (Å²) in [7, 11) is 0. The molecule has 2 aromatic heterocycles. The summed E-state index contributed by atoms with van der Waals surface area (Å²) in [5, 5.41) is 15.4. The summed E-state index contributed by atoms with van der Waals surface area (Å²) in [5.74, 6) is 0.829. The Balaban J connectivity index is 0.000000379. The second kappa shape index (κ2) is 7.76. The number of fused-ring (bicyclic) bond motifs is 1. The smallest absolute Gasteiger partial charge is 0.244 e. The Morgan fingerprint density at radius 2 is 1.92 bits per heavy atom. The zero-order chi connectivity index (χ0) is 18.6. The fraction of sp³-hybridized carbons (Fsp3) is 0.444. The molecule has 2 aromatic rings. The standard InChI is InChI=1S/C14H15N5O2.C4H8O.H2/c1-14(2,21)10-4-3-8(5-15-10)9-6-16-13-12(18-9)17-7-11(20)19-13;1-2-4-5-3-1;/h3-6,21H,7H2,1-2H3,(H,17,18)(H,16,19,20);1-4H2;1H. The third-order valence-corrected chi connectivity index (χ3v) is 3.96. The molecule has 1 amide bonds. The summed E-state index contributed by atoms with van der Waals surface area (Å²) in [6, 6.07) is 3.59. The lowest BCUT2D eigenvalue weighted by atomic mass is 10.0. The molecule has 26 heavy (non-hydrogen) atoms. The first-order valence-corrected chi connectivity index (χ1v) is 8.61. The number of carbonyl (C=O) groups excluding carboxylic acids is 1. The number of rotatable bonds is 2. The van der Waals surface area contributed by atoms with Crippen molar-refractivity contribution in [3.8, 4) is 11.3 Å². The van der Waals surface area contributed by atoms with E-state index in [2.05, 4.69) is 25.6 Å². The second-order valence-corrected chi connectivity index (χ2v) is 6.66. The Morgan fingerprint density at radius 3 is 2.50 bits per heavy atom. The van der Waals surface area contributed by atoms with Gasteiger partial charge in [-0.2, -0.15) is 0 Å². The predicted molar refractivity (Wildman–Crippen MR) is 99.8 cm³/mol. The third-order valence-electron chi connectivity index (χ3n) is 3.96. The molecule has 3 N–H and O–H groups in total. The largest absolute Gasteiger partial charge is 0.384 e. The van der Waals surface area contributed by atoms with Crippen molar-refractivity contribution in [2.45, 2.75) is 32.3 Å². The molecule has 0 aromatic carbocycles. The number of amides is 1. The van der Waals surface area contributed by atoms with Gasteiger partial charge in [0.15, 0.2) is 11.6 Å². The molecular weight excluding hydrogens is 334 g/mol. The maximum absolute atomic E-state index is 11.2. The highest BCUT2D eigenvalue weighted by atomic mass is 16.5. The van der Waals surface area contributed by atoms with Crippen LogP contribution in [0.2, 0.25) is 0 Å². The molecule has 0 spiro atoms. The van der Waals surface area contributed by atoms with Crippen molar-refractivity contribution in [2.75, 3.05) is 30.4 Å². The van der Waals surface area contributed by atoms with E-state index in [4.69, 9.17) is 4.74 Å². The van der Waals surface area contributed by atoms with Gasteiger partial charge < -0.3 is 20.5 Å². The maximum atomic E-state index is 11.2. The van der Waals surface area contributed by atoms with Gasteiger partial charge in [0.1, 0.15) is 5.60 Å². The SMILES string of the molecule is C1CCOC1.CC(C)(O)c1ccc(-c2cnc3c(n2)NCC(=O)N3)cn1.[HH]. The van der Waals surface area contributed by atoms with Crippen molar-refractivity contribution < 1.29 is 16.1 Å². The topological polar surface area (TPSA) is 109 Å². The first-order chi connectivity index (χ1) is 12.4. The Bertz CT molecular complexity index is 766. The molecular formula is C18H25N5O3. The van der Waals surface area contributed by atoms with E-state index in [9.17, 15) is 9.90 Å². The van der Waals surface area contributed by atoms with Crippen LogP contribution in [-0.2, 0) is 15.1 Å². The predicted octanol–water partition coefficient (Wildman–Crippen LogP) is 2.17. The molecule has 0 radical (unpaired) electrons.